The monoisotopic (exact) mass is 274 g/mol. The van der Waals surface area contributed by atoms with Gasteiger partial charge in [0.05, 0.1) is 6.61 Å². The van der Waals surface area contributed by atoms with Gasteiger partial charge in [0.1, 0.15) is 5.75 Å². The molecule has 1 aromatic carbocycles. The van der Waals surface area contributed by atoms with Gasteiger partial charge >= 0.3 is 0 Å². The lowest BCUT2D eigenvalue weighted by Crippen LogP contribution is -2.12. The molecule has 1 unspecified atom stereocenters. The first kappa shape index (κ1) is 16.8. The number of hydrogen-bond donors (Lipinski definition) is 0. The van der Waals surface area contributed by atoms with E-state index in [2.05, 4.69) is 58.9 Å². The van der Waals surface area contributed by atoms with Crippen molar-refractivity contribution in [3.8, 4) is 5.75 Å². The molecular weight excluding hydrogens is 244 g/mol. The first-order chi connectivity index (χ1) is 9.62. The van der Waals surface area contributed by atoms with Gasteiger partial charge in [0.15, 0.2) is 0 Å². The molecule has 1 aromatic rings. The van der Waals surface area contributed by atoms with Crippen LogP contribution in [0, 0.1) is 19.8 Å². The zero-order valence-corrected chi connectivity index (χ0v) is 13.8. The van der Waals surface area contributed by atoms with Crippen LogP contribution in [0.5, 0.6) is 5.75 Å². The van der Waals surface area contributed by atoms with Gasteiger partial charge in [0.2, 0.25) is 0 Å². The minimum Gasteiger partial charge on any atom is -0.493 e. The normalized spacial score (nSPS) is 12.8. The summed E-state index contributed by atoms with van der Waals surface area (Å²) < 4.78 is 6.09. The van der Waals surface area contributed by atoms with E-state index in [4.69, 9.17) is 4.74 Å². The van der Waals surface area contributed by atoms with Crippen molar-refractivity contribution < 1.29 is 4.74 Å². The summed E-state index contributed by atoms with van der Waals surface area (Å²) in [5.74, 6) is 1.72. The molecule has 0 heterocycles. The lowest BCUT2D eigenvalue weighted by molar-refractivity contribution is 0.232. The van der Waals surface area contributed by atoms with Gasteiger partial charge in [-0.15, -0.1) is 0 Å². The lowest BCUT2D eigenvalue weighted by atomic mass is 10.0. The first-order valence-corrected chi connectivity index (χ1v) is 7.99. The van der Waals surface area contributed by atoms with Crippen molar-refractivity contribution in [2.24, 2.45) is 5.92 Å². The van der Waals surface area contributed by atoms with Gasteiger partial charge in [0.25, 0.3) is 0 Å². The number of rotatable bonds is 8. The van der Waals surface area contributed by atoms with Crippen molar-refractivity contribution in [3.05, 3.63) is 34.9 Å². The van der Waals surface area contributed by atoms with Crippen LogP contribution in [0.3, 0.4) is 0 Å². The summed E-state index contributed by atoms with van der Waals surface area (Å²) in [5, 5.41) is 0. The van der Waals surface area contributed by atoms with Crippen LogP contribution in [-0.2, 0) is 0 Å². The third-order valence-electron chi connectivity index (χ3n) is 3.93. The predicted octanol–water partition coefficient (Wildman–Crippen LogP) is 5.93. The van der Waals surface area contributed by atoms with Crippen LogP contribution in [0.2, 0.25) is 0 Å². The van der Waals surface area contributed by atoms with E-state index in [9.17, 15) is 0 Å². The van der Waals surface area contributed by atoms with Gasteiger partial charge in [-0.1, -0.05) is 51.3 Å². The van der Waals surface area contributed by atoms with E-state index < -0.39 is 0 Å². The molecule has 1 nitrogen and oxygen atoms in total. The van der Waals surface area contributed by atoms with Crippen LogP contribution >= 0.6 is 0 Å². The van der Waals surface area contributed by atoms with Crippen LogP contribution in [0.25, 0.3) is 6.08 Å². The number of ether oxygens (including phenoxy) is 1. The summed E-state index contributed by atoms with van der Waals surface area (Å²) in [6.45, 7) is 11.7. The van der Waals surface area contributed by atoms with E-state index in [1.165, 1.54) is 42.4 Å². The molecule has 20 heavy (non-hydrogen) atoms. The minimum atomic E-state index is 0.681. The molecule has 1 heteroatoms. The van der Waals surface area contributed by atoms with Gasteiger partial charge in [-0.25, -0.2) is 0 Å². The van der Waals surface area contributed by atoms with Gasteiger partial charge in [-0.05, 0) is 55.9 Å². The highest BCUT2D eigenvalue weighted by atomic mass is 16.5. The summed E-state index contributed by atoms with van der Waals surface area (Å²) in [5.41, 5.74) is 3.81. The molecule has 0 aliphatic rings. The maximum Gasteiger partial charge on any atom is 0.122 e. The largest absolute Gasteiger partial charge is 0.493 e. The summed E-state index contributed by atoms with van der Waals surface area (Å²) >= 11 is 0. The van der Waals surface area contributed by atoms with E-state index in [1.807, 2.05) is 0 Å². The molecule has 0 aromatic heterocycles. The summed E-state index contributed by atoms with van der Waals surface area (Å²) in [6, 6.07) is 4.40. The van der Waals surface area contributed by atoms with E-state index in [0.717, 1.165) is 12.4 Å². The maximum atomic E-state index is 6.09. The quantitative estimate of drug-likeness (QED) is 0.570. The molecule has 0 bridgehead atoms. The molecule has 112 valence electrons. The number of benzene rings is 1. The average Bonchev–Trinajstić information content (AvgIpc) is 2.43. The highest BCUT2D eigenvalue weighted by Gasteiger charge is 2.09. The fourth-order valence-corrected chi connectivity index (χ4v) is 2.47. The minimum absolute atomic E-state index is 0.681. The molecule has 0 fully saturated rings. The number of hydrogen-bond acceptors (Lipinski definition) is 1. The van der Waals surface area contributed by atoms with Gasteiger partial charge in [-0.2, -0.15) is 0 Å². The van der Waals surface area contributed by atoms with E-state index in [0.29, 0.717) is 5.92 Å². The molecule has 0 saturated heterocycles. The van der Waals surface area contributed by atoms with Gasteiger partial charge in [0, 0.05) is 0 Å². The zero-order chi connectivity index (χ0) is 15.0. The Labute approximate surface area is 125 Å². The van der Waals surface area contributed by atoms with Crippen LogP contribution in [-0.4, -0.2) is 6.61 Å². The number of aryl methyl sites for hydroxylation is 2. The van der Waals surface area contributed by atoms with Crippen LogP contribution < -0.4 is 4.74 Å². The maximum absolute atomic E-state index is 6.09. The summed E-state index contributed by atoms with van der Waals surface area (Å²) in [4.78, 5) is 0. The smallest absolute Gasteiger partial charge is 0.122 e. The Bertz CT molecular complexity index is 432. The topological polar surface area (TPSA) is 9.23 Å². The second-order valence-corrected chi connectivity index (χ2v) is 5.70. The first-order valence-electron chi connectivity index (χ1n) is 7.99. The second-order valence-electron chi connectivity index (χ2n) is 5.70. The molecular formula is C19H30O. The third kappa shape index (κ3) is 5.03. The number of allylic oxidation sites excluding steroid dienone is 1. The average molecular weight is 274 g/mol. The van der Waals surface area contributed by atoms with Crippen LogP contribution in [0.1, 0.15) is 63.1 Å². The molecule has 0 saturated carbocycles. The highest BCUT2D eigenvalue weighted by molar-refractivity contribution is 5.57. The molecule has 0 aliphatic heterocycles. The predicted molar refractivity (Wildman–Crippen MR) is 89.4 cm³/mol. The molecule has 0 aliphatic carbocycles. The standard InChI is InChI=1S/C19H30O/c1-6-9-11-17(8-3)14-20-19-13-18(10-7-2)15(4)12-16(19)5/h7,10,12-13,17H,6,8-9,11,14H2,1-5H3/b10-7+. The zero-order valence-electron chi connectivity index (χ0n) is 13.8. The fraction of sp³-hybridized carbons (Fsp3) is 0.579. The molecule has 0 spiro atoms. The SMILES string of the molecule is C/C=C/c1cc(OCC(CC)CCCC)c(C)cc1C. The van der Waals surface area contributed by atoms with Crippen LogP contribution in [0.4, 0.5) is 0 Å². The molecule has 1 atom stereocenters. The Kier molecular flexibility index (Phi) is 7.43. The Morgan fingerprint density at radius 3 is 2.50 bits per heavy atom. The van der Waals surface area contributed by atoms with Gasteiger partial charge in [-0.3, -0.25) is 0 Å². The van der Waals surface area contributed by atoms with Crippen molar-refractivity contribution >= 4 is 6.08 Å². The Morgan fingerprint density at radius 2 is 1.90 bits per heavy atom. The molecule has 0 N–H and O–H groups in total. The van der Waals surface area contributed by atoms with Crippen molar-refractivity contribution in [2.75, 3.05) is 6.61 Å². The van der Waals surface area contributed by atoms with Crippen molar-refractivity contribution in [1.29, 1.82) is 0 Å². The van der Waals surface area contributed by atoms with E-state index in [-0.39, 0.29) is 0 Å². The summed E-state index contributed by atoms with van der Waals surface area (Å²) in [7, 11) is 0. The molecule has 0 radical (unpaired) electrons. The van der Waals surface area contributed by atoms with E-state index in [1.54, 1.807) is 0 Å². The fourth-order valence-electron chi connectivity index (χ4n) is 2.47. The third-order valence-corrected chi connectivity index (χ3v) is 3.93. The summed E-state index contributed by atoms with van der Waals surface area (Å²) in [6.07, 6.45) is 9.28. The Morgan fingerprint density at radius 1 is 1.15 bits per heavy atom. The lowest BCUT2D eigenvalue weighted by Gasteiger charge is -2.17. The van der Waals surface area contributed by atoms with Crippen molar-refractivity contribution in [3.63, 3.8) is 0 Å². The molecule has 1 rings (SSSR count). The van der Waals surface area contributed by atoms with Crippen LogP contribution in [0.15, 0.2) is 18.2 Å². The highest BCUT2D eigenvalue weighted by Crippen LogP contribution is 2.25. The van der Waals surface area contributed by atoms with E-state index >= 15 is 0 Å². The molecule has 0 amide bonds. The number of unbranched alkanes of at least 4 members (excludes halogenated alkanes) is 1. The second kappa shape index (κ2) is 8.84. The Hall–Kier alpha value is -1.24. The van der Waals surface area contributed by atoms with Gasteiger partial charge < -0.3 is 4.74 Å². The van der Waals surface area contributed by atoms with Crippen molar-refractivity contribution in [2.45, 2.75) is 60.3 Å². The van der Waals surface area contributed by atoms with Crippen molar-refractivity contribution in [1.82, 2.24) is 0 Å². The Balaban J connectivity index is 2.73.